The lowest BCUT2D eigenvalue weighted by Gasteiger charge is -2.13. The lowest BCUT2D eigenvalue weighted by atomic mass is 10.1. The molecule has 0 saturated carbocycles. The maximum atomic E-state index is 12.5. The second-order valence-electron chi connectivity index (χ2n) is 6.46. The molecular weight excluding hydrogens is 306 g/mol. The monoisotopic (exact) mass is 327 g/mol. The van der Waals surface area contributed by atoms with E-state index < -0.39 is 0 Å². The summed E-state index contributed by atoms with van der Waals surface area (Å²) in [5, 5.41) is 4.58. The summed E-state index contributed by atoms with van der Waals surface area (Å²) in [4.78, 5) is 18.8. The standard InChI is InChI=1S/C18H21N3O3/c1-12(2)8-16-19-17(24-20-16)10-21(3)9-13-11-23-15-7-5-4-6-14(15)18(13)22/h4-7,11-12H,8-10H2,1-3H3. The first-order valence-electron chi connectivity index (χ1n) is 8.02. The summed E-state index contributed by atoms with van der Waals surface area (Å²) in [6.07, 6.45) is 2.32. The second kappa shape index (κ2) is 6.97. The van der Waals surface area contributed by atoms with Gasteiger partial charge in [0.25, 0.3) is 0 Å². The van der Waals surface area contributed by atoms with Gasteiger partial charge >= 0.3 is 0 Å². The van der Waals surface area contributed by atoms with Crippen molar-refractivity contribution in [3.05, 3.63) is 58.0 Å². The third-order valence-electron chi connectivity index (χ3n) is 3.70. The Morgan fingerprint density at radius 2 is 2.00 bits per heavy atom. The predicted molar refractivity (Wildman–Crippen MR) is 90.5 cm³/mol. The zero-order valence-electron chi connectivity index (χ0n) is 14.2. The number of hydrogen-bond acceptors (Lipinski definition) is 6. The fourth-order valence-corrected chi connectivity index (χ4v) is 2.61. The van der Waals surface area contributed by atoms with Gasteiger partial charge < -0.3 is 8.94 Å². The molecule has 0 bridgehead atoms. The van der Waals surface area contributed by atoms with E-state index in [0.29, 0.717) is 41.4 Å². The second-order valence-corrected chi connectivity index (χ2v) is 6.46. The number of benzene rings is 1. The Labute approximate surface area is 140 Å². The number of fused-ring (bicyclic) bond motifs is 1. The van der Waals surface area contributed by atoms with Gasteiger partial charge in [-0.05, 0) is 25.1 Å². The molecule has 0 N–H and O–H groups in total. The molecule has 6 nitrogen and oxygen atoms in total. The SMILES string of the molecule is CC(C)Cc1noc(CN(C)Cc2coc3ccccc3c2=O)n1. The van der Waals surface area contributed by atoms with Crippen molar-refractivity contribution in [2.45, 2.75) is 33.4 Å². The van der Waals surface area contributed by atoms with Crippen molar-refractivity contribution < 1.29 is 8.94 Å². The van der Waals surface area contributed by atoms with E-state index in [2.05, 4.69) is 24.0 Å². The maximum Gasteiger partial charge on any atom is 0.240 e. The number of nitrogens with zero attached hydrogens (tertiary/aromatic N) is 3. The van der Waals surface area contributed by atoms with Crippen molar-refractivity contribution in [3.63, 3.8) is 0 Å². The van der Waals surface area contributed by atoms with Crippen molar-refractivity contribution in [2.75, 3.05) is 7.05 Å². The maximum absolute atomic E-state index is 12.5. The van der Waals surface area contributed by atoms with Crippen LogP contribution in [0.1, 0.15) is 31.1 Å². The summed E-state index contributed by atoms with van der Waals surface area (Å²) < 4.78 is 10.8. The summed E-state index contributed by atoms with van der Waals surface area (Å²) in [7, 11) is 1.90. The highest BCUT2D eigenvalue weighted by molar-refractivity contribution is 5.76. The van der Waals surface area contributed by atoms with Gasteiger partial charge in [0.2, 0.25) is 5.89 Å². The minimum Gasteiger partial charge on any atom is -0.464 e. The third-order valence-corrected chi connectivity index (χ3v) is 3.70. The third kappa shape index (κ3) is 3.71. The quantitative estimate of drug-likeness (QED) is 0.693. The Morgan fingerprint density at radius 1 is 1.21 bits per heavy atom. The molecule has 6 heteroatoms. The lowest BCUT2D eigenvalue weighted by molar-refractivity contribution is 0.258. The van der Waals surface area contributed by atoms with E-state index in [1.807, 2.05) is 24.1 Å². The minimum atomic E-state index is -0.00488. The normalized spacial score (nSPS) is 11.7. The number of para-hydroxylation sites is 1. The zero-order valence-corrected chi connectivity index (χ0v) is 14.2. The molecule has 0 amide bonds. The molecule has 0 saturated heterocycles. The van der Waals surface area contributed by atoms with E-state index in [4.69, 9.17) is 8.94 Å². The van der Waals surface area contributed by atoms with Crippen LogP contribution in [0.25, 0.3) is 11.0 Å². The van der Waals surface area contributed by atoms with Crippen molar-refractivity contribution in [2.24, 2.45) is 5.92 Å². The van der Waals surface area contributed by atoms with Gasteiger partial charge in [-0.2, -0.15) is 4.98 Å². The Hall–Kier alpha value is -2.47. The molecule has 2 heterocycles. The number of hydrogen-bond donors (Lipinski definition) is 0. The van der Waals surface area contributed by atoms with Crippen LogP contribution in [-0.2, 0) is 19.5 Å². The molecule has 0 atom stereocenters. The van der Waals surface area contributed by atoms with Crippen molar-refractivity contribution in [1.29, 1.82) is 0 Å². The van der Waals surface area contributed by atoms with Gasteiger partial charge in [-0.15, -0.1) is 0 Å². The fourth-order valence-electron chi connectivity index (χ4n) is 2.61. The number of rotatable bonds is 6. The van der Waals surface area contributed by atoms with Crippen LogP contribution in [0.2, 0.25) is 0 Å². The van der Waals surface area contributed by atoms with Gasteiger partial charge in [0, 0.05) is 18.5 Å². The van der Waals surface area contributed by atoms with Crippen LogP contribution in [-0.4, -0.2) is 22.1 Å². The van der Waals surface area contributed by atoms with Gasteiger partial charge in [-0.1, -0.05) is 31.1 Å². The molecule has 2 aromatic heterocycles. The van der Waals surface area contributed by atoms with Crippen LogP contribution in [0.5, 0.6) is 0 Å². The molecule has 0 radical (unpaired) electrons. The van der Waals surface area contributed by atoms with Crippen molar-refractivity contribution in [1.82, 2.24) is 15.0 Å². The molecule has 3 aromatic rings. The van der Waals surface area contributed by atoms with Crippen LogP contribution in [0.4, 0.5) is 0 Å². The molecule has 1 aromatic carbocycles. The van der Waals surface area contributed by atoms with Gasteiger partial charge in [-0.25, -0.2) is 0 Å². The average molecular weight is 327 g/mol. The molecule has 0 aliphatic carbocycles. The van der Waals surface area contributed by atoms with Gasteiger partial charge in [0.05, 0.1) is 18.2 Å². The summed E-state index contributed by atoms with van der Waals surface area (Å²) in [6, 6.07) is 7.25. The Balaban J connectivity index is 1.71. The molecule has 0 aliphatic heterocycles. The summed E-state index contributed by atoms with van der Waals surface area (Å²) in [6.45, 7) is 5.16. The molecule has 0 unspecified atom stereocenters. The van der Waals surface area contributed by atoms with E-state index in [1.54, 1.807) is 12.1 Å². The Morgan fingerprint density at radius 3 is 2.79 bits per heavy atom. The van der Waals surface area contributed by atoms with Crippen LogP contribution in [0.3, 0.4) is 0 Å². The van der Waals surface area contributed by atoms with Crippen LogP contribution in [0, 0.1) is 5.92 Å². The first-order valence-corrected chi connectivity index (χ1v) is 8.02. The molecular formula is C18H21N3O3. The predicted octanol–water partition coefficient (Wildman–Crippen LogP) is 3.01. The lowest BCUT2D eigenvalue weighted by Crippen LogP contribution is -2.22. The molecule has 24 heavy (non-hydrogen) atoms. The van der Waals surface area contributed by atoms with Gasteiger partial charge in [0.1, 0.15) is 5.58 Å². The molecule has 3 rings (SSSR count). The number of aromatic nitrogens is 2. The smallest absolute Gasteiger partial charge is 0.240 e. The van der Waals surface area contributed by atoms with Gasteiger partial charge in [0.15, 0.2) is 11.3 Å². The Kier molecular flexibility index (Phi) is 4.76. The molecule has 0 fully saturated rings. The minimum absolute atomic E-state index is 0.00488. The first kappa shape index (κ1) is 16.4. The molecule has 0 spiro atoms. The van der Waals surface area contributed by atoms with Crippen LogP contribution < -0.4 is 5.43 Å². The van der Waals surface area contributed by atoms with E-state index in [0.717, 1.165) is 12.2 Å². The van der Waals surface area contributed by atoms with E-state index in [9.17, 15) is 4.79 Å². The fraction of sp³-hybridized carbons (Fsp3) is 0.389. The molecule has 126 valence electrons. The largest absolute Gasteiger partial charge is 0.464 e. The summed E-state index contributed by atoms with van der Waals surface area (Å²) >= 11 is 0. The highest BCUT2D eigenvalue weighted by Crippen LogP contribution is 2.12. The van der Waals surface area contributed by atoms with Crippen LogP contribution >= 0.6 is 0 Å². The first-order chi connectivity index (χ1) is 11.5. The van der Waals surface area contributed by atoms with Crippen LogP contribution in [0.15, 0.2) is 44.3 Å². The summed E-state index contributed by atoms with van der Waals surface area (Å²) in [5.41, 5.74) is 1.21. The van der Waals surface area contributed by atoms with Crippen molar-refractivity contribution in [3.8, 4) is 0 Å². The Bertz CT molecular complexity index is 882. The van der Waals surface area contributed by atoms with E-state index >= 15 is 0 Å². The molecule has 0 aliphatic rings. The van der Waals surface area contributed by atoms with E-state index in [1.165, 1.54) is 6.26 Å². The zero-order chi connectivity index (χ0) is 17.1. The topological polar surface area (TPSA) is 72.4 Å². The summed E-state index contributed by atoms with van der Waals surface area (Å²) in [5.74, 6) is 1.76. The highest BCUT2D eigenvalue weighted by atomic mass is 16.5. The van der Waals surface area contributed by atoms with Crippen molar-refractivity contribution >= 4 is 11.0 Å². The van der Waals surface area contributed by atoms with E-state index in [-0.39, 0.29) is 5.43 Å². The highest BCUT2D eigenvalue weighted by Gasteiger charge is 2.13. The average Bonchev–Trinajstić information content (AvgIpc) is 2.96. The van der Waals surface area contributed by atoms with Gasteiger partial charge in [-0.3, -0.25) is 9.69 Å².